The van der Waals surface area contributed by atoms with Crippen molar-refractivity contribution in [3.8, 4) is 5.75 Å². The van der Waals surface area contributed by atoms with Crippen LogP contribution in [0.2, 0.25) is 0 Å². The van der Waals surface area contributed by atoms with Crippen LogP contribution < -0.4 is 10.3 Å². The molecular weight excluding hydrogens is 377 g/mol. The number of hydrogen-bond acceptors (Lipinski definition) is 5. The van der Waals surface area contributed by atoms with E-state index in [9.17, 15) is 22.8 Å². The highest BCUT2D eigenvalue weighted by molar-refractivity contribution is 5.78. The summed E-state index contributed by atoms with van der Waals surface area (Å²) in [7, 11) is 1.52. The molecule has 0 radical (unpaired) electrons. The van der Waals surface area contributed by atoms with Crippen LogP contribution in [0, 0.1) is 0 Å². The molecule has 2 aromatic carbocycles. The predicted octanol–water partition coefficient (Wildman–Crippen LogP) is 2.35. The Balaban J connectivity index is 1.67. The lowest BCUT2D eigenvalue weighted by atomic mass is 10.2. The first-order chi connectivity index (χ1) is 13.2. The number of halogens is 3. The molecule has 0 fully saturated rings. The molecule has 0 bridgehead atoms. The van der Waals surface area contributed by atoms with Crippen molar-refractivity contribution >= 4 is 16.8 Å². The number of aromatic nitrogens is 3. The van der Waals surface area contributed by atoms with E-state index in [0.717, 1.165) is 4.68 Å². The third kappa shape index (κ3) is 4.64. The minimum atomic E-state index is -4.76. The summed E-state index contributed by atoms with van der Waals surface area (Å²) in [5.41, 5.74) is 0.606. The molecule has 0 aliphatic carbocycles. The van der Waals surface area contributed by atoms with Crippen molar-refractivity contribution in [3.63, 3.8) is 0 Å². The molecule has 10 heteroatoms. The third-order valence-electron chi connectivity index (χ3n) is 3.92. The summed E-state index contributed by atoms with van der Waals surface area (Å²) in [6.45, 7) is -0.163. The van der Waals surface area contributed by atoms with E-state index in [1.54, 1.807) is 24.3 Å². The Bertz CT molecular complexity index is 1050. The highest BCUT2D eigenvalue weighted by Gasteiger charge is 2.31. The number of amides is 1. The lowest BCUT2D eigenvalue weighted by Crippen LogP contribution is -2.35. The first kappa shape index (κ1) is 19.3. The predicted molar refractivity (Wildman–Crippen MR) is 93.4 cm³/mol. The van der Waals surface area contributed by atoms with E-state index in [-0.39, 0.29) is 18.8 Å². The van der Waals surface area contributed by atoms with Gasteiger partial charge in [0, 0.05) is 13.6 Å². The van der Waals surface area contributed by atoms with Gasteiger partial charge >= 0.3 is 6.36 Å². The maximum Gasteiger partial charge on any atom is 0.573 e. The highest BCUT2D eigenvalue weighted by Crippen LogP contribution is 2.23. The number of hydrogen-bond donors (Lipinski definition) is 0. The van der Waals surface area contributed by atoms with E-state index >= 15 is 0 Å². The van der Waals surface area contributed by atoms with Gasteiger partial charge in [-0.2, -0.15) is 0 Å². The number of benzene rings is 2. The molecule has 0 N–H and O–H groups in total. The van der Waals surface area contributed by atoms with Gasteiger partial charge in [-0.25, -0.2) is 4.68 Å². The third-order valence-corrected chi connectivity index (χ3v) is 3.92. The zero-order valence-corrected chi connectivity index (χ0v) is 14.7. The Hall–Kier alpha value is -3.43. The molecule has 28 heavy (non-hydrogen) atoms. The van der Waals surface area contributed by atoms with Crippen LogP contribution in [0.1, 0.15) is 5.56 Å². The van der Waals surface area contributed by atoms with Gasteiger partial charge in [0.05, 0.1) is 5.39 Å². The first-order valence-electron chi connectivity index (χ1n) is 8.14. The maximum atomic E-state index is 12.4. The molecular formula is C18H15F3N4O3. The van der Waals surface area contributed by atoms with Gasteiger partial charge in [-0.05, 0) is 29.8 Å². The zero-order chi connectivity index (χ0) is 20.3. The number of carbonyl (C=O) groups is 1. The molecule has 146 valence electrons. The number of alkyl halides is 3. The van der Waals surface area contributed by atoms with Crippen molar-refractivity contribution in [1.29, 1.82) is 0 Å². The molecule has 3 aromatic rings. The lowest BCUT2D eigenvalue weighted by Gasteiger charge is -2.18. The molecule has 1 amide bonds. The Morgan fingerprint density at radius 3 is 2.50 bits per heavy atom. The molecule has 0 aliphatic rings. The van der Waals surface area contributed by atoms with Gasteiger partial charge in [-0.15, -0.1) is 18.3 Å². The van der Waals surface area contributed by atoms with Crippen molar-refractivity contribution in [2.45, 2.75) is 19.5 Å². The molecule has 0 atom stereocenters. The molecule has 0 saturated heterocycles. The fourth-order valence-electron chi connectivity index (χ4n) is 2.53. The summed E-state index contributed by atoms with van der Waals surface area (Å²) < 4.78 is 41.3. The number of ether oxygens (including phenoxy) is 1. The smallest absolute Gasteiger partial charge is 0.406 e. The monoisotopic (exact) mass is 392 g/mol. The quantitative estimate of drug-likeness (QED) is 0.666. The summed E-state index contributed by atoms with van der Waals surface area (Å²) in [6, 6.07) is 11.8. The van der Waals surface area contributed by atoms with Crippen molar-refractivity contribution in [3.05, 3.63) is 64.4 Å². The second kappa shape index (κ2) is 7.67. The van der Waals surface area contributed by atoms with E-state index in [1.807, 2.05) is 0 Å². The Labute approximate surface area is 156 Å². The van der Waals surface area contributed by atoms with Gasteiger partial charge in [-0.3, -0.25) is 9.59 Å². The maximum absolute atomic E-state index is 12.4. The molecule has 0 spiro atoms. The molecule has 3 rings (SSSR count). The van der Waals surface area contributed by atoms with Crippen LogP contribution in [-0.2, 0) is 17.9 Å². The number of rotatable bonds is 5. The van der Waals surface area contributed by atoms with Crippen molar-refractivity contribution < 1.29 is 22.7 Å². The Morgan fingerprint density at radius 2 is 1.82 bits per heavy atom. The molecule has 0 aliphatic heterocycles. The summed E-state index contributed by atoms with van der Waals surface area (Å²) in [6.07, 6.45) is -4.76. The summed E-state index contributed by atoms with van der Waals surface area (Å²) >= 11 is 0. The number of nitrogens with zero attached hydrogens (tertiary/aromatic N) is 4. The van der Waals surface area contributed by atoms with Gasteiger partial charge < -0.3 is 9.64 Å². The van der Waals surface area contributed by atoms with E-state index in [2.05, 4.69) is 15.0 Å². The largest absolute Gasteiger partial charge is 0.573 e. The normalized spacial score (nSPS) is 11.4. The van der Waals surface area contributed by atoms with E-state index in [4.69, 9.17) is 0 Å². The molecule has 1 aromatic heterocycles. The van der Waals surface area contributed by atoms with Gasteiger partial charge in [0.1, 0.15) is 17.8 Å². The lowest BCUT2D eigenvalue weighted by molar-refractivity contribution is -0.274. The Kier molecular flexibility index (Phi) is 5.30. The topological polar surface area (TPSA) is 77.3 Å². The first-order valence-corrected chi connectivity index (χ1v) is 8.14. The standard InChI is InChI=1S/C18H15F3N4O3/c1-24(10-12-6-8-13(9-7-12)28-18(19,20)21)16(26)11-25-17(27)14-4-2-3-5-15(14)22-23-25/h2-9H,10-11H2,1H3. The fourth-order valence-corrected chi connectivity index (χ4v) is 2.53. The van der Waals surface area contributed by atoms with Crippen LogP contribution in [0.4, 0.5) is 13.2 Å². The molecule has 1 heterocycles. The Morgan fingerprint density at radius 1 is 1.14 bits per heavy atom. The average Bonchev–Trinajstić information content (AvgIpc) is 2.64. The SMILES string of the molecule is CN(Cc1ccc(OC(F)(F)F)cc1)C(=O)Cn1nnc2ccccc2c1=O. The van der Waals surface area contributed by atoms with Crippen LogP contribution in [-0.4, -0.2) is 39.2 Å². The summed E-state index contributed by atoms with van der Waals surface area (Å²) in [4.78, 5) is 26.1. The molecule has 0 unspecified atom stereocenters. The van der Waals surface area contributed by atoms with E-state index in [1.165, 1.54) is 36.2 Å². The number of likely N-dealkylation sites (N-methyl/N-ethyl adjacent to an activating group) is 1. The van der Waals surface area contributed by atoms with E-state index in [0.29, 0.717) is 16.5 Å². The van der Waals surface area contributed by atoms with Crippen molar-refractivity contribution in [2.24, 2.45) is 0 Å². The van der Waals surface area contributed by atoms with Crippen LogP contribution in [0.3, 0.4) is 0 Å². The average molecular weight is 392 g/mol. The second-order valence-corrected chi connectivity index (χ2v) is 6.01. The zero-order valence-electron chi connectivity index (χ0n) is 14.7. The van der Waals surface area contributed by atoms with Gasteiger partial charge in [0.2, 0.25) is 5.91 Å². The minimum absolute atomic E-state index is 0.140. The van der Waals surface area contributed by atoms with E-state index < -0.39 is 17.8 Å². The van der Waals surface area contributed by atoms with Crippen LogP contribution in [0.5, 0.6) is 5.75 Å². The van der Waals surface area contributed by atoms with Gasteiger partial charge in [0.15, 0.2) is 0 Å². The highest BCUT2D eigenvalue weighted by atomic mass is 19.4. The molecule has 7 nitrogen and oxygen atoms in total. The molecule has 0 saturated carbocycles. The number of fused-ring (bicyclic) bond motifs is 1. The minimum Gasteiger partial charge on any atom is -0.406 e. The summed E-state index contributed by atoms with van der Waals surface area (Å²) in [5.74, 6) is -0.745. The van der Waals surface area contributed by atoms with Crippen molar-refractivity contribution in [1.82, 2.24) is 19.9 Å². The summed E-state index contributed by atoms with van der Waals surface area (Å²) in [5, 5.41) is 8.03. The van der Waals surface area contributed by atoms with Crippen LogP contribution in [0.25, 0.3) is 10.9 Å². The van der Waals surface area contributed by atoms with Crippen LogP contribution >= 0.6 is 0 Å². The van der Waals surface area contributed by atoms with Gasteiger partial charge in [0.25, 0.3) is 5.56 Å². The van der Waals surface area contributed by atoms with Crippen LogP contribution in [0.15, 0.2) is 53.3 Å². The van der Waals surface area contributed by atoms with Gasteiger partial charge in [-0.1, -0.05) is 29.5 Å². The number of carbonyl (C=O) groups excluding carboxylic acids is 1. The fraction of sp³-hybridized carbons (Fsp3) is 0.222. The van der Waals surface area contributed by atoms with Crippen molar-refractivity contribution in [2.75, 3.05) is 7.05 Å². The second-order valence-electron chi connectivity index (χ2n) is 6.01.